The number of benzene rings is 7. The number of hydrogen-bond donors (Lipinski definition) is 0. The average molecular weight is 527 g/mol. The summed E-state index contributed by atoms with van der Waals surface area (Å²) in [5.41, 5.74) is 6.88. The normalized spacial score (nSPS) is 12.0. The molecule has 0 saturated heterocycles. The first kappa shape index (κ1) is 22.0. The summed E-state index contributed by atoms with van der Waals surface area (Å²) in [6.07, 6.45) is 0. The van der Waals surface area contributed by atoms with Crippen LogP contribution in [-0.4, -0.2) is 0 Å². The fourth-order valence-corrected chi connectivity index (χ4v) is 7.55. The van der Waals surface area contributed by atoms with Gasteiger partial charge in [-0.3, -0.25) is 0 Å². The van der Waals surface area contributed by atoms with Crippen LogP contribution in [0.15, 0.2) is 137 Å². The standard InChI is InChI=1S/C38H22OS/c1-2-9-25-22-26(17-16-23(25)8-1)34-27-10-3-5-12-29(27)35(30-13-6-4-11-28(30)34)31-14-7-15-32-36(31)37-33(39-32)19-18-24-20-21-40-38(24)37/h1-22H. The first-order valence-corrected chi connectivity index (χ1v) is 14.5. The fraction of sp³-hybridized carbons (Fsp3) is 0. The number of furan rings is 1. The molecule has 9 rings (SSSR count). The summed E-state index contributed by atoms with van der Waals surface area (Å²) in [7, 11) is 0. The van der Waals surface area contributed by atoms with E-state index in [4.69, 9.17) is 4.42 Å². The lowest BCUT2D eigenvalue weighted by Gasteiger charge is -2.18. The molecular weight excluding hydrogens is 504 g/mol. The third-order valence-electron chi connectivity index (χ3n) is 8.32. The summed E-state index contributed by atoms with van der Waals surface area (Å²) in [6, 6.07) is 46.2. The first-order valence-electron chi connectivity index (χ1n) is 13.6. The average Bonchev–Trinajstić information content (AvgIpc) is 3.64. The summed E-state index contributed by atoms with van der Waals surface area (Å²) >= 11 is 1.79. The minimum absolute atomic E-state index is 0.931. The molecule has 2 aromatic heterocycles. The second-order valence-electron chi connectivity index (χ2n) is 10.5. The quantitative estimate of drug-likeness (QED) is 0.204. The van der Waals surface area contributed by atoms with Crippen molar-refractivity contribution in [1.82, 2.24) is 0 Å². The van der Waals surface area contributed by atoms with Crippen LogP contribution >= 0.6 is 11.3 Å². The number of fused-ring (bicyclic) bond motifs is 8. The van der Waals surface area contributed by atoms with Crippen LogP contribution in [0.2, 0.25) is 0 Å². The van der Waals surface area contributed by atoms with Gasteiger partial charge in [0.05, 0.1) is 0 Å². The molecular formula is C38H22OS. The molecule has 0 spiro atoms. The SMILES string of the molecule is c1ccc2cc(-c3c4ccccc4c(-c4cccc5oc6ccc7ccsc7c6c45)c4ccccc34)ccc2c1. The van der Waals surface area contributed by atoms with E-state index in [0.29, 0.717) is 0 Å². The molecule has 0 aliphatic heterocycles. The van der Waals surface area contributed by atoms with Gasteiger partial charge in [0, 0.05) is 15.5 Å². The molecule has 0 bridgehead atoms. The molecule has 2 heteroatoms. The Morgan fingerprint density at radius 3 is 1.88 bits per heavy atom. The van der Waals surface area contributed by atoms with Crippen molar-refractivity contribution < 1.29 is 4.42 Å². The summed E-state index contributed by atoms with van der Waals surface area (Å²) in [4.78, 5) is 0. The molecule has 0 atom stereocenters. The monoisotopic (exact) mass is 526 g/mol. The highest BCUT2D eigenvalue weighted by Gasteiger charge is 2.21. The molecule has 186 valence electrons. The van der Waals surface area contributed by atoms with Gasteiger partial charge in [0.1, 0.15) is 11.2 Å². The van der Waals surface area contributed by atoms with E-state index in [1.807, 2.05) is 0 Å². The predicted octanol–water partition coefficient (Wildman–Crippen LogP) is 11.6. The molecule has 0 amide bonds. The van der Waals surface area contributed by atoms with Gasteiger partial charge in [-0.1, -0.05) is 97.1 Å². The van der Waals surface area contributed by atoms with E-state index in [9.17, 15) is 0 Å². The molecule has 0 fully saturated rings. The summed E-state index contributed by atoms with van der Waals surface area (Å²) < 4.78 is 7.74. The Labute approximate surface area is 234 Å². The maximum Gasteiger partial charge on any atom is 0.136 e. The Bertz CT molecular complexity index is 2380. The molecule has 0 N–H and O–H groups in total. The van der Waals surface area contributed by atoms with Crippen LogP contribution < -0.4 is 0 Å². The van der Waals surface area contributed by atoms with Crippen molar-refractivity contribution >= 4 is 75.7 Å². The van der Waals surface area contributed by atoms with Crippen LogP contribution in [0.5, 0.6) is 0 Å². The van der Waals surface area contributed by atoms with Gasteiger partial charge in [0.25, 0.3) is 0 Å². The van der Waals surface area contributed by atoms with Gasteiger partial charge in [-0.05, 0) is 95.7 Å². The smallest absolute Gasteiger partial charge is 0.136 e. The third kappa shape index (κ3) is 3.03. The second-order valence-corrected chi connectivity index (χ2v) is 11.4. The van der Waals surface area contributed by atoms with Gasteiger partial charge < -0.3 is 4.42 Å². The molecule has 0 unspecified atom stereocenters. The van der Waals surface area contributed by atoms with Gasteiger partial charge in [0.2, 0.25) is 0 Å². The fourth-order valence-electron chi connectivity index (χ4n) is 6.61. The van der Waals surface area contributed by atoms with Crippen LogP contribution in [0, 0.1) is 0 Å². The molecule has 7 aromatic carbocycles. The summed E-state index contributed by atoms with van der Waals surface area (Å²) in [6.45, 7) is 0. The van der Waals surface area contributed by atoms with Crippen molar-refractivity contribution in [3.8, 4) is 22.3 Å². The maximum absolute atomic E-state index is 6.46. The Hall–Kier alpha value is -4.92. The molecule has 0 saturated carbocycles. The minimum Gasteiger partial charge on any atom is -0.456 e. The Morgan fingerprint density at radius 2 is 1.10 bits per heavy atom. The van der Waals surface area contributed by atoms with E-state index in [1.165, 1.54) is 75.4 Å². The molecule has 9 aromatic rings. The van der Waals surface area contributed by atoms with Crippen LogP contribution in [-0.2, 0) is 0 Å². The topological polar surface area (TPSA) is 13.1 Å². The number of thiophene rings is 1. The highest BCUT2D eigenvalue weighted by Crippen LogP contribution is 2.48. The molecule has 40 heavy (non-hydrogen) atoms. The van der Waals surface area contributed by atoms with Gasteiger partial charge in [-0.25, -0.2) is 0 Å². The highest BCUT2D eigenvalue weighted by molar-refractivity contribution is 7.18. The van der Waals surface area contributed by atoms with Gasteiger partial charge in [0.15, 0.2) is 0 Å². The Balaban J connectivity index is 1.46. The molecule has 0 radical (unpaired) electrons. The van der Waals surface area contributed by atoms with Gasteiger partial charge >= 0.3 is 0 Å². The lowest BCUT2D eigenvalue weighted by Crippen LogP contribution is -1.91. The highest BCUT2D eigenvalue weighted by atomic mass is 32.1. The third-order valence-corrected chi connectivity index (χ3v) is 9.27. The van der Waals surface area contributed by atoms with Crippen molar-refractivity contribution in [1.29, 1.82) is 0 Å². The number of rotatable bonds is 2. The maximum atomic E-state index is 6.46. The van der Waals surface area contributed by atoms with E-state index < -0.39 is 0 Å². The van der Waals surface area contributed by atoms with E-state index in [2.05, 4.69) is 133 Å². The van der Waals surface area contributed by atoms with Crippen molar-refractivity contribution in [2.24, 2.45) is 0 Å². The van der Waals surface area contributed by atoms with Gasteiger partial charge in [-0.15, -0.1) is 11.3 Å². The largest absolute Gasteiger partial charge is 0.456 e. The van der Waals surface area contributed by atoms with Crippen molar-refractivity contribution in [2.75, 3.05) is 0 Å². The van der Waals surface area contributed by atoms with Crippen molar-refractivity contribution in [3.05, 3.63) is 133 Å². The van der Waals surface area contributed by atoms with E-state index in [-0.39, 0.29) is 0 Å². The molecule has 0 aliphatic rings. The Kier molecular flexibility index (Phi) is 4.55. The summed E-state index contributed by atoms with van der Waals surface area (Å²) in [5, 5.41) is 13.4. The van der Waals surface area contributed by atoms with E-state index in [0.717, 1.165) is 11.2 Å². The van der Waals surface area contributed by atoms with Gasteiger partial charge in [-0.2, -0.15) is 0 Å². The van der Waals surface area contributed by atoms with Crippen LogP contribution in [0.25, 0.3) is 86.6 Å². The predicted molar refractivity (Wildman–Crippen MR) is 172 cm³/mol. The molecule has 1 nitrogen and oxygen atoms in total. The van der Waals surface area contributed by atoms with Crippen molar-refractivity contribution in [2.45, 2.75) is 0 Å². The zero-order valence-corrected chi connectivity index (χ0v) is 22.3. The lowest BCUT2D eigenvalue weighted by atomic mass is 9.84. The number of hydrogen-bond acceptors (Lipinski definition) is 2. The first-order chi connectivity index (χ1) is 19.8. The van der Waals surface area contributed by atoms with E-state index in [1.54, 1.807) is 11.3 Å². The molecule has 0 aliphatic carbocycles. The Morgan fingerprint density at radius 1 is 0.450 bits per heavy atom. The summed E-state index contributed by atoms with van der Waals surface area (Å²) in [5.74, 6) is 0. The minimum atomic E-state index is 0.931. The molecule has 2 heterocycles. The zero-order valence-electron chi connectivity index (χ0n) is 21.5. The van der Waals surface area contributed by atoms with Crippen LogP contribution in [0.1, 0.15) is 0 Å². The van der Waals surface area contributed by atoms with Crippen molar-refractivity contribution in [3.63, 3.8) is 0 Å². The van der Waals surface area contributed by atoms with Crippen LogP contribution in [0.4, 0.5) is 0 Å². The zero-order chi connectivity index (χ0) is 26.2. The lowest BCUT2D eigenvalue weighted by molar-refractivity contribution is 0.669. The van der Waals surface area contributed by atoms with Crippen LogP contribution in [0.3, 0.4) is 0 Å². The van der Waals surface area contributed by atoms with E-state index >= 15 is 0 Å². The second kappa shape index (κ2) is 8.29.